The zero-order chi connectivity index (χ0) is 18.8. The Morgan fingerprint density at radius 3 is 2.39 bits per heavy atom. The van der Waals surface area contributed by atoms with Crippen molar-refractivity contribution in [3.63, 3.8) is 0 Å². The second kappa shape index (κ2) is 7.86. The lowest BCUT2D eigenvalue weighted by Gasteiger charge is -2.32. The molecule has 0 bridgehead atoms. The second-order valence-corrected chi connectivity index (χ2v) is 7.92. The van der Waals surface area contributed by atoms with Crippen LogP contribution in [0.15, 0.2) is 54.6 Å². The van der Waals surface area contributed by atoms with Crippen LogP contribution in [0.3, 0.4) is 0 Å². The molecular weight excluding hydrogens is 346 g/mol. The number of fused-ring (bicyclic) bond motifs is 1. The summed E-state index contributed by atoms with van der Waals surface area (Å²) in [6.07, 6.45) is 2.35. The highest BCUT2D eigenvalue weighted by Crippen LogP contribution is 2.29. The largest absolute Gasteiger partial charge is 0.312 e. The highest BCUT2D eigenvalue weighted by Gasteiger charge is 2.26. The summed E-state index contributed by atoms with van der Waals surface area (Å²) in [7, 11) is 0. The number of benzene rings is 2. The molecule has 0 atom stereocenters. The molecule has 0 aliphatic carbocycles. The average Bonchev–Trinajstić information content (AvgIpc) is 3.20. The lowest BCUT2D eigenvalue weighted by atomic mass is 9.95. The predicted octanol–water partition coefficient (Wildman–Crippen LogP) is 3.43. The van der Waals surface area contributed by atoms with Crippen LogP contribution >= 0.6 is 0 Å². The molecule has 0 radical (unpaired) electrons. The number of nitrogens with one attached hydrogen (secondary N) is 1. The van der Waals surface area contributed by atoms with E-state index in [2.05, 4.69) is 79.6 Å². The van der Waals surface area contributed by atoms with Gasteiger partial charge >= 0.3 is 0 Å². The van der Waals surface area contributed by atoms with Gasteiger partial charge in [-0.3, -0.25) is 4.90 Å². The van der Waals surface area contributed by atoms with Gasteiger partial charge in [-0.25, -0.2) is 0 Å². The summed E-state index contributed by atoms with van der Waals surface area (Å²) in [5.74, 6) is 2.86. The number of likely N-dealkylation sites (tertiary alicyclic amines) is 1. The van der Waals surface area contributed by atoms with Crippen molar-refractivity contribution in [2.24, 2.45) is 0 Å². The van der Waals surface area contributed by atoms with E-state index in [0.29, 0.717) is 5.92 Å². The Bertz CT molecular complexity index is 908. The molecule has 5 heteroatoms. The van der Waals surface area contributed by atoms with Crippen molar-refractivity contribution in [2.45, 2.75) is 38.4 Å². The Balaban J connectivity index is 1.19. The minimum atomic E-state index is 0.552. The van der Waals surface area contributed by atoms with Crippen LogP contribution in [0.1, 0.15) is 36.0 Å². The van der Waals surface area contributed by atoms with Gasteiger partial charge in [-0.15, -0.1) is 10.2 Å². The Morgan fingerprint density at radius 2 is 1.61 bits per heavy atom. The summed E-state index contributed by atoms with van der Waals surface area (Å²) in [5.41, 5.74) is 3.96. The third kappa shape index (κ3) is 3.60. The van der Waals surface area contributed by atoms with Crippen LogP contribution in [0.25, 0.3) is 11.1 Å². The van der Waals surface area contributed by atoms with E-state index >= 15 is 0 Å². The van der Waals surface area contributed by atoms with Gasteiger partial charge in [0.05, 0.1) is 6.54 Å². The van der Waals surface area contributed by atoms with Gasteiger partial charge in [0.25, 0.3) is 0 Å². The van der Waals surface area contributed by atoms with Crippen molar-refractivity contribution in [1.29, 1.82) is 0 Å². The van der Waals surface area contributed by atoms with Crippen LogP contribution in [0.2, 0.25) is 0 Å². The molecule has 2 aromatic carbocycles. The minimum Gasteiger partial charge on any atom is -0.312 e. The fraction of sp³-hybridized carbons (Fsp3) is 0.391. The molecule has 0 saturated carbocycles. The zero-order valence-electron chi connectivity index (χ0n) is 16.2. The molecule has 0 amide bonds. The van der Waals surface area contributed by atoms with Gasteiger partial charge in [-0.1, -0.05) is 54.6 Å². The minimum absolute atomic E-state index is 0.552. The summed E-state index contributed by atoms with van der Waals surface area (Å²) in [4.78, 5) is 2.57. The van der Waals surface area contributed by atoms with Crippen molar-refractivity contribution in [3.05, 3.63) is 71.8 Å². The highest BCUT2D eigenvalue weighted by atomic mass is 15.3. The van der Waals surface area contributed by atoms with E-state index in [9.17, 15) is 0 Å². The topological polar surface area (TPSA) is 46.0 Å². The van der Waals surface area contributed by atoms with Crippen molar-refractivity contribution in [2.75, 3.05) is 19.6 Å². The van der Waals surface area contributed by atoms with E-state index in [4.69, 9.17) is 0 Å². The normalized spacial score (nSPS) is 18.1. The third-order valence-corrected chi connectivity index (χ3v) is 6.07. The predicted molar refractivity (Wildman–Crippen MR) is 111 cm³/mol. The number of hydrogen-bond donors (Lipinski definition) is 1. The molecule has 1 N–H and O–H groups in total. The van der Waals surface area contributed by atoms with Crippen LogP contribution in [-0.2, 0) is 19.6 Å². The Morgan fingerprint density at radius 1 is 0.857 bits per heavy atom. The maximum absolute atomic E-state index is 4.52. The molecule has 1 saturated heterocycles. The van der Waals surface area contributed by atoms with Crippen molar-refractivity contribution in [1.82, 2.24) is 25.0 Å². The number of rotatable bonds is 4. The van der Waals surface area contributed by atoms with Gasteiger partial charge in [-0.2, -0.15) is 0 Å². The first kappa shape index (κ1) is 17.6. The van der Waals surface area contributed by atoms with E-state index in [1.165, 1.54) is 35.4 Å². The number of piperidine rings is 1. The Kier molecular flexibility index (Phi) is 4.93. The summed E-state index contributed by atoms with van der Waals surface area (Å²) >= 11 is 0. The average molecular weight is 374 g/mol. The van der Waals surface area contributed by atoms with Gasteiger partial charge in [0.15, 0.2) is 0 Å². The van der Waals surface area contributed by atoms with Gasteiger partial charge in [0.2, 0.25) is 0 Å². The summed E-state index contributed by atoms with van der Waals surface area (Å²) in [6, 6.07) is 19.6. The highest BCUT2D eigenvalue weighted by molar-refractivity contribution is 5.63. The molecule has 144 valence electrons. The second-order valence-electron chi connectivity index (χ2n) is 7.92. The van der Waals surface area contributed by atoms with Gasteiger partial charge in [0, 0.05) is 25.6 Å². The maximum atomic E-state index is 4.52. The number of hydrogen-bond acceptors (Lipinski definition) is 4. The summed E-state index contributed by atoms with van der Waals surface area (Å²) < 4.78 is 2.35. The van der Waals surface area contributed by atoms with E-state index in [-0.39, 0.29) is 0 Å². The SMILES string of the molecule is c1ccc(-c2ccc(CN3CCC(c4nnc5n4CCNC5)CC3)cc2)cc1. The molecule has 1 fully saturated rings. The van der Waals surface area contributed by atoms with E-state index < -0.39 is 0 Å². The lowest BCUT2D eigenvalue weighted by molar-refractivity contribution is 0.199. The molecule has 0 unspecified atom stereocenters. The molecule has 2 aliphatic heterocycles. The molecule has 5 rings (SSSR count). The standard InChI is InChI=1S/C23H27N5/c1-2-4-19(5-3-1)20-8-6-18(7-9-20)17-27-13-10-21(11-14-27)23-26-25-22-16-24-12-15-28(22)23/h1-9,21,24H,10-17H2. The first-order valence-corrected chi connectivity index (χ1v) is 10.4. The van der Waals surface area contributed by atoms with E-state index in [1.807, 2.05) is 0 Å². The monoisotopic (exact) mass is 373 g/mol. The quantitative estimate of drug-likeness (QED) is 0.761. The smallest absolute Gasteiger partial charge is 0.147 e. The lowest BCUT2D eigenvalue weighted by Crippen LogP contribution is -2.34. The molecule has 3 aromatic rings. The first-order valence-electron chi connectivity index (χ1n) is 10.4. The molecule has 5 nitrogen and oxygen atoms in total. The van der Waals surface area contributed by atoms with Gasteiger partial charge in [0.1, 0.15) is 11.6 Å². The van der Waals surface area contributed by atoms with Crippen molar-refractivity contribution < 1.29 is 0 Å². The van der Waals surface area contributed by atoms with Gasteiger partial charge < -0.3 is 9.88 Å². The zero-order valence-corrected chi connectivity index (χ0v) is 16.2. The number of nitrogens with zero attached hydrogens (tertiary/aromatic N) is 4. The van der Waals surface area contributed by atoms with E-state index in [0.717, 1.165) is 45.1 Å². The van der Waals surface area contributed by atoms with Crippen LogP contribution in [0.4, 0.5) is 0 Å². The van der Waals surface area contributed by atoms with Crippen molar-refractivity contribution >= 4 is 0 Å². The molecule has 1 aromatic heterocycles. The van der Waals surface area contributed by atoms with Gasteiger partial charge in [-0.05, 0) is 42.6 Å². The molecule has 28 heavy (non-hydrogen) atoms. The van der Waals surface area contributed by atoms with E-state index in [1.54, 1.807) is 0 Å². The summed E-state index contributed by atoms with van der Waals surface area (Å²) in [5, 5.41) is 12.3. The molecule has 0 spiro atoms. The molecule has 2 aliphatic rings. The first-order chi connectivity index (χ1) is 13.9. The maximum Gasteiger partial charge on any atom is 0.147 e. The summed E-state index contributed by atoms with van der Waals surface area (Å²) in [6.45, 7) is 6.17. The van der Waals surface area contributed by atoms with Crippen molar-refractivity contribution in [3.8, 4) is 11.1 Å². The third-order valence-electron chi connectivity index (χ3n) is 6.07. The van der Waals surface area contributed by atoms with Crippen LogP contribution in [0, 0.1) is 0 Å². The van der Waals surface area contributed by atoms with Crippen LogP contribution < -0.4 is 5.32 Å². The van der Waals surface area contributed by atoms with Crippen LogP contribution in [0.5, 0.6) is 0 Å². The molecular formula is C23H27N5. The fourth-order valence-electron chi connectivity index (χ4n) is 4.46. The molecule has 3 heterocycles. The fourth-order valence-corrected chi connectivity index (χ4v) is 4.46. The Hall–Kier alpha value is -2.50. The Labute approximate surface area is 166 Å². The number of aromatic nitrogens is 3. The van der Waals surface area contributed by atoms with Crippen LogP contribution in [-0.4, -0.2) is 39.3 Å².